The highest BCUT2D eigenvalue weighted by Crippen LogP contribution is 2.40. The van der Waals surface area contributed by atoms with Crippen LogP contribution in [0.5, 0.6) is 11.5 Å². The van der Waals surface area contributed by atoms with Crippen molar-refractivity contribution >= 4 is 28.2 Å². The van der Waals surface area contributed by atoms with Crippen molar-refractivity contribution in [3.63, 3.8) is 0 Å². The molecule has 2 fully saturated rings. The number of benzene rings is 1. The molecule has 1 aromatic carbocycles. The van der Waals surface area contributed by atoms with Crippen LogP contribution in [0.1, 0.15) is 36.4 Å². The van der Waals surface area contributed by atoms with Crippen molar-refractivity contribution in [3.8, 4) is 11.5 Å². The Bertz CT molecular complexity index is 1560. The molecule has 0 radical (unpaired) electrons. The van der Waals surface area contributed by atoms with Gasteiger partial charge < -0.3 is 15.4 Å². The van der Waals surface area contributed by atoms with E-state index >= 15 is 0 Å². The second-order valence-corrected chi connectivity index (χ2v) is 9.35. The van der Waals surface area contributed by atoms with E-state index in [1.807, 2.05) is 43.5 Å². The summed E-state index contributed by atoms with van der Waals surface area (Å²) in [6.07, 6.45) is 8.59. The van der Waals surface area contributed by atoms with Gasteiger partial charge in [-0.3, -0.25) is 0 Å². The zero-order valence-electron chi connectivity index (χ0n) is 19.2. The van der Waals surface area contributed by atoms with Crippen molar-refractivity contribution in [2.45, 2.75) is 44.2 Å². The number of pyridine rings is 2. The molecule has 0 aliphatic carbocycles. The number of nitrogens with one attached hydrogen (secondary N) is 2. The van der Waals surface area contributed by atoms with Crippen LogP contribution in [0.25, 0.3) is 16.7 Å². The second kappa shape index (κ2) is 7.99. The molecule has 6 heterocycles. The van der Waals surface area contributed by atoms with Gasteiger partial charge in [0.15, 0.2) is 11.5 Å². The van der Waals surface area contributed by atoms with E-state index in [1.54, 1.807) is 10.8 Å². The molecular formula is C26H24N8O. The van der Waals surface area contributed by atoms with E-state index in [4.69, 9.17) is 9.72 Å². The Morgan fingerprint density at radius 1 is 1.03 bits per heavy atom. The number of hydrogen-bond donors (Lipinski definition) is 2. The summed E-state index contributed by atoms with van der Waals surface area (Å²) in [7, 11) is 0. The number of rotatable bonds is 5. The molecule has 174 valence electrons. The fourth-order valence-electron chi connectivity index (χ4n) is 5.37. The van der Waals surface area contributed by atoms with E-state index in [-0.39, 0.29) is 0 Å². The van der Waals surface area contributed by atoms with Crippen LogP contribution in [0.15, 0.2) is 61.3 Å². The van der Waals surface area contributed by atoms with Crippen LogP contribution >= 0.6 is 0 Å². The Hall–Kier alpha value is -4.11. The molecule has 2 aliphatic heterocycles. The molecule has 2 bridgehead atoms. The zero-order valence-corrected chi connectivity index (χ0v) is 19.2. The molecule has 7 rings (SSSR count). The van der Waals surface area contributed by atoms with Crippen LogP contribution in [0.2, 0.25) is 0 Å². The van der Waals surface area contributed by atoms with E-state index in [9.17, 15) is 0 Å². The maximum Gasteiger partial charge on any atom is 0.160 e. The topological polar surface area (TPSA) is 102 Å². The summed E-state index contributed by atoms with van der Waals surface area (Å²) < 4.78 is 7.81. The van der Waals surface area contributed by atoms with Crippen LogP contribution in [0, 0.1) is 6.92 Å². The highest BCUT2D eigenvalue weighted by Gasteiger charge is 2.40. The van der Waals surface area contributed by atoms with Gasteiger partial charge in [0.1, 0.15) is 29.7 Å². The number of aromatic nitrogens is 6. The minimum atomic E-state index is 0.460. The lowest BCUT2D eigenvalue weighted by Gasteiger charge is -2.20. The number of hydrogen-bond acceptors (Lipinski definition) is 8. The Balaban J connectivity index is 1.15. The summed E-state index contributed by atoms with van der Waals surface area (Å²) in [6, 6.07) is 15.1. The molecule has 0 amide bonds. The van der Waals surface area contributed by atoms with E-state index in [1.165, 1.54) is 19.2 Å². The third kappa shape index (κ3) is 3.64. The normalized spacial score (nSPS) is 21.1. The first-order valence-corrected chi connectivity index (χ1v) is 11.9. The first-order valence-electron chi connectivity index (χ1n) is 11.9. The van der Waals surface area contributed by atoms with E-state index < -0.39 is 0 Å². The Kier molecular flexibility index (Phi) is 4.63. The number of ether oxygens (including phenoxy) is 1. The molecule has 0 spiro atoms. The third-order valence-corrected chi connectivity index (χ3v) is 7.10. The highest BCUT2D eigenvalue weighted by molar-refractivity contribution is 5.87. The monoisotopic (exact) mass is 464 g/mol. The first-order chi connectivity index (χ1) is 17.2. The molecule has 3 atom stereocenters. The fourth-order valence-corrected chi connectivity index (χ4v) is 5.37. The van der Waals surface area contributed by atoms with Gasteiger partial charge in [0.05, 0.1) is 5.52 Å². The molecular weight excluding hydrogens is 440 g/mol. The SMILES string of the molecule is Cc1cc(Nc2ncnc3ccc([C@@H]4C[C@H]5CC[C@@H]4N5)nc23)ccc1Oc1ccn2ncnc2c1. The summed E-state index contributed by atoms with van der Waals surface area (Å²) in [5.41, 5.74) is 5.41. The molecule has 5 aromatic rings. The summed E-state index contributed by atoms with van der Waals surface area (Å²) in [6.45, 7) is 2.02. The van der Waals surface area contributed by atoms with Crippen LogP contribution in [0.3, 0.4) is 0 Å². The molecule has 2 saturated heterocycles. The van der Waals surface area contributed by atoms with Gasteiger partial charge in [0, 0.05) is 41.6 Å². The predicted molar refractivity (Wildman–Crippen MR) is 132 cm³/mol. The maximum absolute atomic E-state index is 6.11. The van der Waals surface area contributed by atoms with Crippen molar-refractivity contribution < 1.29 is 4.74 Å². The van der Waals surface area contributed by atoms with Crippen molar-refractivity contribution in [1.29, 1.82) is 0 Å². The van der Waals surface area contributed by atoms with E-state index in [0.29, 0.717) is 29.6 Å². The van der Waals surface area contributed by atoms with Gasteiger partial charge in [0.25, 0.3) is 0 Å². The van der Waals surface area contributed by atoms with Crippen molar-refractivity contribution in [2.75, 3.05) is 5.32 Å². The number of nitrogens with zero attached hydrogens (tertiary/aromatic N) is 6. The van der Waals surface area contributed by atoms with Crippen molar-refractivity contribution in [3.05, 3.63) is 72.6 Å². The minimum Gasteiger partial charge on any atom is -0.457 e. The Labute approximate surface area is 201 Å². The quantitative estimate of drug-likeness (QED) is 0.391. The van der Waals surface area contributed by atoms with Gasteiger partial charge in [-0.15, -0.1) is 0 Å². The Morgan fingerprint density at radius 2 is 2.00 bits per heavy atom. The molecule has 0 unspecified atom stereocenters. The first kappa shape index (κ1) is 20.3. The van der Waals surface area contributed by atoms with Crippen molar-refractivity contribution in [1.82, 2.24) is 34.9 Å². The van der Waals surface area contributed by atoms with Crippen LogP contribution in [-0.2, 0) is 0 Å². The highest BCUT2D eigenvalue weighted by atomic mass is 16.5. The van der Waals surface area contributed by atoms with Crippen LogP contribution in [-0.4, -0.2) is 41.6 Å². The lowest BCUT2D eigenvalue weighted by Crippen LogP contribution is -2.22. The zero-order chi connectivity index (χ0) is 23.4. The molecule has 35 heavy (non-hydrogen) atoms. The number of anilines is 2. The van der Waals surface area contributed by atoms with Gasteiger partial charge in [-0.1, -0.05) is 0 Å². The average Bonchev–Trinajstić information content (AvgIpc) is 3.63. The molecule has 0 saturated carbocycles. The van der Waals surface area contributed by atoms with Crippen LogP contribution in [0.4, 0.5) is 11.5 Å². The predicted octanol–water partition coefficient (Wildman–Crippen LogP) is 4.52. The van der Waals surface area contributed by atoms with Gasteiger partial charge in [-0.2, -0.15) is 5.10 Å². The van der Waals surface area contributed by atoms with E-state index in [2.05, 4.69) is 42.8 Å². The largest absolute Gasteiger partial charge is 0.457 e. The maximum atomic E-state index is 6.11. The van der Waals surface area contributed by atoms with Gasteiger partial charge in [-0.25, -0.2) is 24.5 Å². The molecule has 9 nitrogen and oxygen atoms in total. The van der Waals surface area contributed by atoms with Gasteiger partial charge >= 0.3 is 0 Å². The number of fused-ring (bicyclic) bond motifs is 4. The summed E-state index contributed by atoms with van der Waals surface area (Å²) in [4.78, 5) is 18.2. The van der Waals surface area contributed by atoms with Crippen molar-refractivity contribution in [2.24, 2.45) is 0 Å². The minimum absolute atomic E-state index is 0.460. The van der Waals surface area contributed by atoms with Crippen LogP contribution < -0.4 is 15.4 Å². The smallest absolute Gasteiger partial charge is 0.160 e. The summed E-state index contributed by atoms with van der Waals surface area (Å²) in [5, 5.41) is 11.3. The molecule has 4 aromatic heterocycles. The lowest BCUT2D eigenvalue weighted by atomic mass is 9.86. The molecule has 9 heteroatoms. The standard InChI is InChI=1S/C26H24N8O/c1-15-10-16(3-7-23(15)35-18-8-9-34-24(12-18)28-14-30-34)32-26-25-22(27-13-29-26)6-5-21(33-25)19-11-17-2-4-20(19)31-17/h3,5-10,12-14,17,19-20,31H,2,4,11H2,1H3,(H,27,29,32)/t17-,19-,20+/m1/s1. The second-order valence-electron chi connectivity index (χ2n) is 9.35. The third-order valence-electron chi connectivity index (χ3n) is 7.10. The summed E-state index contributed by atoms with van der Waals surface area (Å²) >= 11 is 0. The molecule has 2 N–H and O–H groups in total. The van der Waals surface area contributed by atoms with Gasteiger partial charge in [0.2, 0.25) is 0 Å². The molecule has 2 aliphatic rings. The Morgan fingerprint density at radius 3 is 2.86 bits per heavy atom. The van der Waals surface area contributed by atoms with E-state index in [0.717, 1.165) is 45.8 Å². The average molecular weight is 465 g/mol. The lowest BCUT2D eigenvalue weighted by molar-refractivity contribution is 0.478. The number of aryl methyl sites for hydroxylation is 1. The fraction of sp³-hybridized carbons (Fsp3) is 0.269. The summed E-state index contributed by atoms with van der Waals surface area (Å²) in [5.74, 6) is 2.65. The van der Waals surface area contributed by atoms with Gasteiger partial charge in [-0.05, 0) is 68.1 Å².